The van der Waals surface area contributed by atoms with Gasteiger partial charge in [0.15, 0.2) is 0 Å². The smallest absolute Gasteiger partial charge is 0.312 e. The second kappa shape index (κ2) is 4.99. The number of hydrogen-bond acceptors (Lipinski definition) is 2. The Morgan fingerprint density at radius 1 is 1.27 bits per heavy atom. The Morgan fingerprint density at radius 2 is 1.87 bits per heavy atom. The van der Waals surface area contributed by atoms with Crippen molar-refractivity contribution < 1.29 is 9.59 Å². The molecule has 5 nitrogen and oxygen atoms in total. The Morgan fingerprint density at radius 3 is 2.40 bits per heavy atom. The first-order chi connectivity index (χ1) is 7.08. The van der Waals surface area contributed by atoms with Crippen LogP contribution in [0.4, 0.5) is 10.5 Å². The van der Waals surface area contributed by atoms with Crippen LogP contribution in [0.25, 0.3) is 0 Å². The lowest BCUT2D eigenvalue weighted by molar-refractivity contribution is -0.115. The van der Waals surface area contributed by atoms with Gasteiger partial charge in [-0.3, -0.25) is 4.79 Å². The fourth-order valence-electron chi connectivity index (χ4n) is 1.01. The van der Waals surface area contributed by atoms with Crippen LogP contribution in [0, 0.1) is 6.92 Å². The van der Waals surface area contributed by atoms with E-state index in [0.29, 0.717) is 5.69 Å². The highest BCUT2D eigenvalue weighted by atomic mass is 16.2. The minimum atomic E-state index is -0.714. The van der Waals surface area contributed by atoms with Gasteiger partial charge in [-0.05, 0) is 19.1 Å². The number of nitrogens with one attached hydrogen (secondary N) is 2. The van der Waals surface area contributed by atoms with Crippen LogP contribution in [0.1, 0.15) is 5.56 Å². The van der Waals surface area contributed by atoms with Gasteiger partial charge in [0.2, 0.25) is 5.91 Å². The SMILES string of the molecule is Cc1ccc(NC(=O)CNC(N)=O)cc1. The summed E-state index contributed by atoms with van der Waals surface area (Å²) in [5, 5.41) is 4.82. The first kappa shape index (κ1) is 11.0. The maximum Gasteiger partial charge on any atom is 0.312 e. The molecule has 0 fully saturated rings. The normalized spacial score (nSPS) is 9.40. The molecule has 0 bridgehead atoms. The number of nitrogens with two attached hydrogens (primary N) is 1. The van der Waals surface area contributed by atoms with Crippen molar-refractivity contribution >= 4 is 17.6 Å². The van der Waals surface area contributed by atoms with Crippen LogP contribution in [-0.2, 0) is 4.79 Å². The number of benzene rings is 1. The van der Waals surface area contributed by atoms with Gasteiger partial charge in [-0.1, -0.05) is 17.7 Å². The number of anilines is 1. The fourth-order valence-corrected chi connectivity index (χ4v) is 1.01. The third-order valence-electron chi connectivity index (χ3n) is 1.76. The largest absolute Gasteiger partial charge is 0.352 e. The van der Waals surface area contributed by atoms with Gasteiger partial charge < -0.3 is 16.4 Å². The fraction of sp³-hybridized carbons (Fsp3) is 0.200. The van der Waals surface area contributed by atoms with E-state index >= 15 is 0 Å². The molecule has 4 N–H and O–H groups in total. The summed E-state index contributed by atoms with van der Waals surface area (Å²) in [6, 6.07) is 6.64. The number of aryl methyl sites for hydroxylation is 1. The Hall–Kier alpha value is -2.04. The summed E-state index contributed by atoms with van der Waals surface area (Å²) in [6.07, 6.45) is 0. The first-order valence-corrected chi connectivity index (χ1v) is 4.48. The zero-order chi connectivity index (χ0) is 11.3. The van der Waals surface area contributed by atoms with Gasteiger partial charge in [0.25, 0.3) is 0 Å². The molecular weight excluding hydrogens is 194 g/mol. The lowest BCUT2D eigenvalue weighted by atomic mass is 10.2. The van der Waals surface area contributed by atoms with E-state index in [0.717, 1.165) is 5.56 Å². The summed E-state index contributed by atoms with van der Waals surface area (Å²) in [4.78, 5) is 21.6. The average Bonchev–Trinajstić information content (AvgIpc) is 2.19. The predicted octanol–water partition coefficient (Wildman–Crippen LogP) is 0.602. The molecule has 0 aliphatic rings. The van der Waals surface area contributed by atoms with Crippen molar-refractivity contribution in [3.8, 4) is 0 Å². The van der Waals surface area contributed by atoms with E-state index in [2.05, 4.69) is 10.6 Å². The minimum absolute atomic E-state index is 0.122. The number of amides is 3. The van der Waals surface area contributed by atoms with Gasteiger partial charge in [-0.15, -0.1) is 0 Å². The zero-order valence-corrected chi connectivity index (χ0v) is 8.41. The van der Waals surface area contributed by atoms with Gasteiger partial charge in [-0.2, -0.15) is 0 Å². The average molecular weight is 207 g/mol. The first-order valence-electron chi connectivity index (χ1n) is 4.48. The van der Waals surface area contributed by atoms with E-state index in [1.807, 2.05) is 19.1 Å². The Bertz CT molecular complexity index is 359. The number of urea groups is 1. The number of carbonyl (C=O) groups excluding carboxylic acids is 2. The molecule has 5 heteroatoms. The molecule has 0 aliphatic carbocycles. The topological polar surface area (TPSA) is 84.2 Å². The molecule has 0 heterocycles. The highest BCUT2D eigenvalue weighted by molar-refractivity contribution is 5.94. The third kappa shape index (κ3) is 4.12. The van der Waals surface area contributed by atoms with Gasteiger partial charge in [0, 0.05) is 5.69 Å². The molecule has 0 atom stereocenters. The van der Waals surface area contributed by atoms with Crippen molar-refractivity contribution in [1.29, 1.82) is 0 Å². The Labute approximate surface area is 87.7 Å². The van der Waals surface area contributed by atoms with Crippen molar-refractivity contribution in [3.63, 3.8) is 0 Å². The van der Waals surface area contributed by atoms with E-state index < -0.39 is 6.03 Å². The second-order valence-corrected chi connectivity index (χ2v) is 3.13. The Kier molecular flexibility index (Phi) is 3.68. The number of primary amides is 1. The van der Waals surface area contributed by atoms with E-state index in [9.17, 15) is 9.59 Å². The summed E-state index contributed by atoms with van der Waals surface area (Å²) in [5.74, 6) is -0.308. The summed E-state index contributed by atoms with van der Waals surface area (Å²) >= 11 is 0. The summed E-state index contributed by atoms with van der Waals surface area (Å²) in [7, 11) is 0. The van der Waals surface area contributed by atoms with Gasteiger partial charge in [0.05, 0.1) is 6.54 Å². The molecule has 0 aliphatic heterocycles. The van der Waals surface area contributed by atoms with Crippen molar-refractivity contribution in [1.82, 2.24) is 5.32 Å². The molecule has 0 unspecified atom stereocenters. The van der Waals surface area contributed by atoms with Crippen LogP contribution in [0.15, 0.2) is 24.3 Å². The highest BCUT2D eigenvalue weighted by Gasteiger charge is 2.02. The molecule has 1 rings (SSSR count). The molecule has 15 heavy (non-hydrogen) atoms. The standard InChI is InChI=1S/C10H13N3O2/c1-7-2-4-8(5-3-7)13-9(14)6-12-10(11)15/h2-5H,6H2,1H3,(H,13,14)(H3,11,12,15). The van der Waals surface area contributed by atoms with Crippen LogP contribution in [0.3, 0.4) is 0 Å². The number of carbonyl (C=O) groups is 2. The van der Waals surface area contributed by atoms with Crippen LogP contribution in [0.5, 0.6) is 0 Å². The summed E-state index contributed by atoms with van der Waals surface area (Å²) in [5.41, 5.74) is 6.63. The van der Waals surface area contributed by atoms with E-state index in [1.54, 1.807) is 12.1 Å². The maximum absolute atomic E-state index is 11.2. The number of hydrogen-bond donors (Lipinski definition) is 3. The van der Waals surface area contributed by atoms with Crippen molar-refractivity contribution in [2.24, 2.45) is 5.73 Å². The lowest BCUT2D eigenvalue weighted by Gasteiger charge is -2.05. The van der Waals surface area contributed by atoms with Crippen molar-refractivity contribution in [3.05, 3.63) is 29.8 Å². The molecule has 3 amide bonds. The molecule has 0 aromatic heterocycles. The highest BCUT2D eigenvalue weighted by Crippen LogP contribution is 2.07. The summed E-state index contributed by atoms with van der Waals surface area (Å²) in [6.45, 7) is 1.84. The molecular formula is C10H13N3O2. The maximum atomic E-state index is 11.2. The summed E-state index contributed by atoms with van der Waals surface area (Å²) < 4.78 is 0. The van der Waals surface area contributed by atoms with E-state index in [-0.39, 0.29) is 12.5 Å². The molecule has 0 spiro atoms. The monoisotopic (exact) mass is 207 g/mol. The van der Waals surface area contributed by atoms with E-state index in [1.165, 1.54) is 0 Å². The predicted molar refractivity (Wildman–Crippen MR) is 57.4 cm³/mol. The van der Waals surface area contributed by atoms with Crippen LogP contribution in [0.2, 0.25) is 0 Å². The molecule has 0 radical (unpaired) electrons. The van der Waals surface area contributed by atoms with Crippen molar-refractivity contribution in [2.75, 3.05) is 11.9 Å². The van der Waals surface area contributed by atoms with E-state index in [4.69, 9.17) is 5.73 Å². The van der Waals surface area contributed by atoms with Crippen LogP contribution in [-0.4, -0.2) is 18.5 Å². The molecule has 80 valence electrons. The third-order valence-corrected chi connectivity index (χ3v) is 1.76. The zero-order valence-electron chi connectivity index (χ0n) is 8.41. The van der Waals surface area contributed by atoms with Crippen LogP contribution >= 0.6 is 0 Å². The molecule has 1 aromatic carbocycles. The number of rotatable bonds is 3. The second-order valence-electron chi connectivity index (χ2n) is 3.13. The van der Waals surface area contributed by atoms with Crippen LogP contribution < -0.4 is 16.4 Å². The van der Waals surface area contributed by atoms with Gasteiger partial charge in [-0.25, -0.2) is 4.79 Å². The lowest BCUT2D eigenvalue weighted by Crippen LogP contribution is -2.36. The van der Waals surface area contributed by atoms with Gasteiger partial charge in [0.1, 0.15) is 0 Å². The van der Waals surface area contributed by atoms with Crippen molar-refractivity contribution in [2.45, 2.75) is 6.92 Å². The molecule has 0 saturated heterocycles. The minimum Gasteiger partial charge on any atom is -0.352 e. The quantitative estimate of drug-likeness (QED) is 0.678. The molecule has 1 aromatic rings. The van der Waals surface area contributed by atoms with Gasteiger partial charge >= 0.3 is 6.03 Å². The Balaban J connectivity index is 2.44. The molecule has 0 saturated carbocycles.